The van der Waals surface area contributed by atoms with Gasteiger partial charge in [0.1, 0.15) is 22.9 Å². The fourth-order valence-electron chi connectivity index (χ4n) is 1.29. The summed E-state index contributed by atoms with van der Waals surface area (Å²) in [5.74, 6) is 1.96. The first-order valence-corrected chi connectivity index (χ1v) is 7.12. The van der Waals surface area contributed by atoms with Crippen molar-refractivity contribution in [3.63, 3.8) is 0 Å². The molecule has 0 radical (unpaired) electrons. The van der Waals surface area contributed by atoms with Crippen molar-refractivity contribution < 1.29 is 9.47 Å². The molecule has 0 N–H and O–H groups in total. The minimum atomic E-state index is 0.514. The molecule has 2 rings (SSSR count). The van der Waals surface area contributed by atoms with E-state index in [9.17, 15) is 0 Å². The van der Waals surface area contributed by atoms with Crippen LogP contribution >= 0.6 is 27.7 Å². The van der Waals surface area contributed by atoms with E-state index in [2.05, 4.69) is 25.9 Å². The van der Waals surface area contributed by atoms with Crippen molar-refractivity contribution in [1.82, 2.24) is 9.97 Å². The third kappa shape index (κ3) is 3.14. The van der Waals surface area contributed by atoms with E-state index < -0.39 is 0 Å². The Morgan fingerprint density at radius 3 is 2.72 bits per heavy atom. The predicted octanol–water partition coefficient (Wildman–Crippen LogP) is 3.76. The van der Waals surface area contributed by atoms with Gasteiger partial charge in [-0.1, -0.05) is 0 Å². The molecule has 0 spiro atoms. The van der Waals surface area contributed by atoms with Crippen LogP contribution in [0.15, 0.2) is 40.1 Å². The summed E-state index contributed by atoms with van der Waals surface area (Å²) in [5.41, 5.74) is 0. The van der Waals surface area contributed by atoms with Crippen LogP contribution in [0.1, 0.15) is 0 Å². The maximum absolute atomic E-state index is 5.68. The first-order valence-electron chi connectivity index (χ1n) is 5.10. The molecular formula is C12H11BrN2O2S. The van der Waals surface area contributed by atoms with Crippen LogP contribution in [0.4, 0.5) is 0 Å². The van der Waals surface area contributed by atoms with E-state index in [0.29, 0.717) is 11.6 Å². The summed E-state index contributed by atoms with van der Waals surface area (Å²) in [6.45, 7) is 0. The molecule has 4 nitrogen and oxygen atoms in total. The van der Waals surface area contributed by atoms with Crippen LogP contribution in [0.2, 0.25) is 0 Å². The summed E-state index contributed by atoms with van der Waals surface area (Å²) in [6.07, 6.45) is 3.44. The SMILES string of the molecule is COc1ccc(Oc2cc(SC)ncn2)c(Br)c1. The average molecular weight is 327 g/mol. The van der Waals surface area contributed by atoms with Crippen molar-refractivity contribution in [2.24, 2.45) is 0 Å². The zero-order valence-corrected chi connectivity index (χ0v) is 12.3. The molecule has 0 aliphatic carbocycles. The van der Waals surface area contributed by atoms with Gasteiger partial charge in [0, 0.05) is 6.07 Å². The molecule has 0 unspecified atom stereocenters. The molecular weight excluding hydrogens is 316 g/mol. The predicted molar refractivity (Wildman–Crippen MR) is 74.6 cm³/mol. The second-order valence-electron chi connectivity index (χ2n) is 3.30. The Balaban J connectivity index is 2.22. The van der Waals surface area contributed by atoms with Crippen LogP contribution in [0.3, 0.4) is 0 Å². The number of ether oxygens (including phenoxy) is 2. The Morgan fingerprint density at radius 1 is 1.22 bits per heavy atom. The molecule has 0 amide bonds. The summed E-state index contributed by atoms with van der Waals surface area (Å²) in [5, 5.41) is 0.865. The number of nitrogens with zero attached hydrogens (tertiary/aromatic N) is 2. The van der Waals surface area contributed by atoms with E-state index >= 15 is 0 Å². The van der Waals surface area contributed by atoms with Crippen molar-refractivity contribution in [1.29, 1.82) is 0 Å². The lowest BCUT2D eigenvalue weighted by Gasteiger charge is -2.08. The van der Waals surface area contributed by atoms with Gasteiger partial charge in [-0.15, -0.1) is 11.8 Å². The quantitative estimate of drug-likeness (QED) is 0.632. The molecule has 0 aliphatic rings. The third-order valence-electron chi connectivity index (χ3n) is 2.18. The van der Waals surface area contributed by atoms with Crippen molar-refractivity contribution in [3.8, 4) is 17.4 Å². The van der Waals surface area contributed by atoms with Crippen molar-refractivity contribution in [2.45, 2.75) is 5.03 Å². The smallest absolute Gasteiger partial charge is 0.223 e. The average Bonchev–Trinajstić information content (AvgIpc) is 2.41. The molecule has 18 heavy (non-hydrogen) atoms. The molecule has 0 fully saturated rings. The van der Waals surface area contributed by atoms with Gasteiger partial charge in [0.15, 0.2) is 0 Å². The fraction of sp³-hybridized carbons (Fsp3) is 0.167. The van der Waals surface area contributed by atoms with Crippen LogP contribution in [-0.4, -0.2) is 23.3 Å². The van der Waals surface area contributed by atoms with Crippen LogP contribution in [-0.2, 0) is 0 Å². The number of hydrogen-bond donors (Lipinski definition) is 0. The topological polar surface area (TPSA) is 44.2 Å². The highest BCUT2D eigenvalue weighted by molar-refractivity contribution is 9.10. The van der Waals surface area contributed by atoms with Crippen molar-refractivity contribution >= 4 is 27.7 Å². The van der Waals surface area contributed by atoms with Gasteiger partial charge in [-0.25, -0.2) is 9.97 Å². The maximum atomic E-state index is 5.68. The monoisotopic (exact) mass is 326 g/mol. The summed E-state index contributed by atoms with van der Waals surface area (Å²) in [7, 11) is 1.62. The van der Waals surface area contributed by atoms with Crippen LogP contribution in [0.25, 0.3) is 0 Å². The normalized spacial score (nSPS) is 10.2. The van der Waals surface area contributed by atoms with E-state index in [-0.39, 0.29) is 0 Å². The molecule has 1 aromatic carbocycles. The summed E-state index contributed by atoms with van der Waals surface area (Å²) in [4.78, 5) is 8.16. The largest absolute Gasteiger partial charge is 0.497 e. The Labute approximate surface area is 118 Å². The van der Waals surface area contributed by atoms with E-state index in [0.717, 1.165) is 15.2 Å². The second kappa shape index (κ2) is 6.06. The minimum Gasteiger partial charge on any atom is -0.497 e. The molecule has 1 heterocycles. The number of benzene rings is 1. The van der Waals surface area contributed by atoms with Gasteiger partial charge in [-0.3, -0.25) is 0 Å². The van der Waals surface area contributed by atoms with E-state index in [1.807, 2.05) is 24.5 Å². The molecule has 94 valence electrons. The highest BCUT2D eigenvalue weighted by Crippen LogP contribution is 2.32. The zero-order chi connectivity index (χ0) is 13.0. The minimum absolute atomic E-state index is 0.514. The lowest BCUT2D eigenvalue weighted by atomic mass is 10.3. The van der Waals surface area contributed by atoms with Crippen LogP contribution < -0.4 is 9.47 Å². The molecule has 0 bridgehead atoms. The third-order valence-corrected chi connectivity index (χ3v) is 3.44. The summed E-state index contributed by atoms with van der Waals surface area (Å²) in [6, 6.07) is 7.29. The van der Waals surface area contributed by atoms with Gasteiger partial charge in [-0.05, 0) is 40.4 Å². The highest BCUT2D eigenvalue weighted by Gasteiger charge is 2.06. The number of thioether (sulfide) groups is 1. The first kappa shape index (κ1) is 13.2. The molecule has 0 atom stereocenters. The number of halogens is 1. The van der Waals surface area contributed by atoms with Gasteiger partial charge in [-0.2, -0.15) is 0 Å². The van der Waals surface area contributed by atoms with Gasteiger partial charge < -0.3 is 9.47 Å². The van der Waals surface area contributed by atoms with Gasteiger partial charge >= 0.3 is 0 Å². The highest BCUT2D eigenvalue weighted by atomic mass is 79.9. The fourth-order valence-corrected chi connectivity index (χ4v) is 2.10. The van der Waals surface area contributed by atoms with Crippen molar-refractivity contribution in [2.75, 3.05) is 13.4 Å². The molecule has 0 aliphatic heterocycles. The standard InChI is InChI=1S/C12H11BrN2O2S/c1-16-8-3-4-10(9(13)5-8)17-11-6-12(18-2)15-7-14-11/h3-7H,1-2H3. The number of rotatable bonds is 4. The number of methoxy groups -OCH3 is 1. The molecule has 6 heteroatoms. The summed E-state index contributed by atoms with van der Waals surface area (Å²) >= 11 is 4.97. The van der Waals surface area contributed by atoms with E-state index in [1.54, 1.807) is 24.9 Å². The van der Waals surface area contributed by atoms with Crippen molar-refractivity contribution in [3.05, 3.63) is 35.1 Å². The lowest BCUT2D eigenvalue weighted by Crippen LogP contribution is -1.91. The molecule has 2 aromatic rings. The van der Waals surface area contributed by atoms with E-state index in [1.165, 1.54) is 6.33 Å². The maximum Gasteiger partial charge on any atom is 0.223 e. The number of hydrogen-bond acceptors (Lipinski definition) is 5. The van der Waals surface area contributed by atoms with Gasteiger partial charge in [0.25, 0.3) is 0 Å². The van der Waals surface area contributed by atoms with E-state index in [4.69, 9.17) is 9.47 Å². The van der Waals surface area contributed by atoms with Crippen LogP contribution in [0, 0.1) is 0 Å². The van der Waals surface area contributed by atoms with Gasteiger partial charge in [0.05, 0.1) is 11.6 Å². The Morgan fingerprint density at radius 2 is 2.06 bits per heavy atom. The molecule has 0 saturated heterocycles. The summed E-state index contributed by atoms with van der Waals surface area (Å²) < 4.78 is 11.6. The molecule has 0 saturated carbocycles. The Kier molecular flexibility index (Phi) is 4.43. The zero-order valence-electron chi connectivity index (χ0n) is 9.88. The lowest BCUT2D eigenvalue weighted by molar-refractivity contribution is 0.411. The number of aromatic nitrogens is 2. The Hall–Kier alpha value is -1.27. The Bertz CT molecular complexity index is 551. The second-order valence-corrected chi connectivity index (χ2v) is 4.98. The van der Waals surface area contributed by atoms with Crippen LogP contribution in [0.5, 0.6) is 17.4 Å². The molecule has 1 aromatic heterocycles. The first-order chi connectivity index (χ1) is 8.72. The van der Waals surface area contributed by atoms with Gasteiger partial charge in [0.2, 0.25) is 5.88 Å².